The first-order valence-electron chi connectivity index (χ1n) is 8.83. The number of carbonyl (C=O) groups excluding carboxylic acids is 1. The maximum Gasteiger partial charge on any atom is 0.273 e. The Morgan fingerprint density at radius 1 is 1.07 bits per heavy atom. The van der Waals surface area contributed by atoms with E-state index in [9.17, 15) is 23.1 Å². The van der Waals surface area contributed by atoms with E-state index in [1.807, 2.05) is 0 Å². The number of aliphatic hydroxyl groups excluding tert-OH is 1. The quantitative estimate of drug-likeness (QED) is 0.529. The van der Waals surface area contributed by atoms with Crippen molar-refractivity contribution in [1.82, 2.24) is 13.9 Å². The van der Waals surface area contributed by atoms with Crippen molar-refractivity contribution in [3.05, 3.63) is 82.5 Å². The number of fused-ring (bicyclic) bond motifs is 2. The van der Waals surface area contributed by atoms with Gasteiger partial charge >= 0.3 is 0 Å². The van der Waals surface area contributed by atoms with Crippen LogP contribution >= 0.6 is 0 Å². The molecule has 3 heterocycles. The summed E-state index contributed by atoms with van der Waals surface area (Å²) in [5.41, 5.74) is 0.336. The van der Waals surface area contributed by atoms with Gasteiger partial charge in [-0.25, -0.2) is 12.4 Å². The maximum absolute atomic E-state index is 12.8. The normalized spacial score (nSPS) is 15.7. The van der Waals surface area contributed by atoms with Gasteiger partial charge in [-0.3, -0.25) is 14.9 Å². The predicted molar refractivity (Wildman–Crippen MR) is 105 cm³/mol. The number of amides is 1. The minimum absolute atomic E-state index is 0.00901. The van der Waals surface area contributed by atoms with Crippen molar-refractivity contribution in [1.29, 1.82) is 0 Å². The lowest BCUT2D eigenvalue weighted by atomic mass is 10.1. The number of benzene rings is 1. The maximum atomic E-state index is 12.8. The Morgan fingerprint density at radius 2 is 1.90 bits per heavy atom. The average Bonchev–Trinajstić information content (AvgIpc) is 3.17. The van der Waals surface area contributed by atoms with Crippen LogP contribution in [0.5, 0.6) is 0 Å². The zero-order valence-electron chi connectivity index (χ0n) is 15.1. The number of carbonyl (C=O) groups is 1. The highest BCUT2D eigenvalue weighted by molar-refractivity contribution is 7.90. The van der Waals surface area contributed by atoms with Gasteiger partial charge in [-0.15, -0.1) is 0 Å². The van der Waals surface area contributed by atoms with E-state index in [-0.39, 0.29) is 21.8 Å². The molecule has 1 atom stereocenters. The SMILES string of the molecule is O=C1Nc2cc(C(O)NCCn3ccccc3=O)ccc2S(=O)(=O)n2cccc21. The number of nitrogens with zero attached hydrogens (tertiary/aromatic N) is 2. The van der Waals surface area contributed by atoms with Crippen LogP contribution in [0.15, 0.2) is 70.6 Å². The van der Waals surface area contributed by atoms with Crippen LogP contribution in [0.25, 0.3) is 0 Å². The number of aliphatic hydroxyl groups is 1. The highest BCUT2D eigenvalue weighted by Gasteiger charge is 2.30. The van der Waals surface area contributed by atoms with E-state index in [1.54, 1.807) is 18.3 Å². The zero-order chi connectivity index (χ0) is 20.6. The van der Waals surface area contributed by atoms with Crippen LogP contribution in [0, 0.1) is 0 Å². The summed E-state index contributed by atoms with van der Waals surface area (Å²) in [5, 5.41) is 15.9. The average molecular weight is 414 g/mol. The van der Waals surface area contributed by atoms with Crippen molar-refractivity contribution in [2.24, 2.45) is 0 Å². The third kappa shape index (κ3) is 3.48. The Morgan fingerprint density at radius 3 is 2.69 bits per heavy atom. The van der Waals surface area contributed by atoms with E-state index < -0.39 is 22.2 Å². The number of anilines is 1. The summed E-state index contributed by atoms with van der Waals surface area (Å²) >= 11 is 0. The fourth-order valence-electron chi connectivity index (χ4n) is 3.17. The van der Waals surface area contributed by atoms with E-state index in [0.29, 0.717) is 18.7 Å². The monoisotopic (exact) mass is 414 g/mol. The van der Waals surface area contributed by atoms with Crippen molar-refractivity contribution < 1.29 is 18.3 Å². The molecule has 0 saturated heterocycles. The van der Waals surface area contributed by atoms with Crippen molar-refractivity contribution in [2.75, 3.05) is 11.9 Å². The Kier molecular flexibility index (Phi) is 4.82. The summed E-state index contributed by atoms with van der Waals surface area (Å²) in [4.78, 5) is 24.0. The van der Waals surface area contributed by atoms with Crippen LogP contribution in [0.4, 0.5) is 5.69 Å². The number of aromatic nitrogens is 2. The topological polar surface area (TPSA) is 122 Å². The van der Waals surface area contributed by atoms with Gasteiger partial charge in [-0.1, -0.05) is 12.1 Å². The molecule has 0 radical (unpaired) electrons. The van der Waals surface area contributed by atoms with Gasteiger partial charge in [0, 0.05) is 31.5 Å². The molecule has 0 saturated carbocycles. The van der Waals surface area contributed by atoms with Gasteiger partial charge in [0.25, 0.3) is 21.5 Å². The lowest BCUT2D eigenvalue weighted by Crippen LogP contribution is -2.29. The molecule has 29 heavy (non-hydrogen) atoms. The van der Waals surface area contributed by atoms with Crippen LogP contribution < -0.4 is 16.2 Å². The molecule has 1 unspecified atom stereocenters. The van der Waals surface area contributed by atoms with Crippen LogP contribution in [0.3, 0.4) is 0 Å². The fourth-order valence-corrected chi connectivity index (χ4v) is 4.64. The van der Waals surface area contributed by atoms with Crippen molar-refractivity contribution in [3.63, 3.8) is 0 Å². The molecule has 0 fully saturated rings. The molecule has 1 aliphatic heterocycles. The highest BCUT2D eigenvalue weighted by atomic mass is 32.2. The molecule has 0 aliphatic carbocycles. The number of pyridine rings is 1. The molecule has 1 aliphatic rings. The molecule has 3 aromatic rings. The van der Waals surface area contributed by atoms with Crippen LogP contribution in [0.1, 0.15) is 22.3 Å². The third-order valence-corrected chi connectivity index (χ3v) is 6.39. The summed E-state index contributed by atoms with van der Waals surface area (Å²) in [5.74, 6) is -0.555. The standard InChI is InChI=1S/C19H18N4O5S/c24-17-5-1-2-9-22(17)11-8-20-18(25)13-6-7-16-14(12-13)21-19(26)15-4-3-10-23(15)29(16,27)28/h1-7,9-10,12,18,20,25H,8,11H2,(H,21,26). The second-order valence-corrected chi connectivity index (χ2v) is 8.28. The second-order valence-electron chi connectivity index (χ2n) is 6.49. The van der Waals surface area contributed by atoms with Gasteiger partial charge in [0.15, 0.2) is 0 Å². The first kappa shape index (κ1) is 19.1. The molecule has 4 rings (SSSR count). The Labute approximate surface area is 166 Å². The van der Waals surface area contributed by atoms with E-state index >= 15 is 0 Å². The Bertz CT molecular complexity index is 1250. The molecule has 1 aromatic carbocycles. The number of nitrogens with one attached hydrogen (secondary N) is 2. The molecule has 0 spiro atoms. The lowest BCUT2D eigenvalue weighted by molar-refractivity contribution is 0.102. The van der Waals surface area contributed by atoms with Gasteiger partial charge in [0.2, 0.25) is 0 Å². The molecule has 0 bridgehead atoms. The summed E-state index contributed by atoms with van der Waals surface area (Å²) in [6.45, 7) is 0.653. The van der Waals surface area contributed by atoms with Gasteiger partial charge in [0.1, 0.15) is 16.8 Å². The van der Waals surface area contributed by atoms with E-state index in [4.69, 9.17) is 0 Å². The van der Waals surface area contributed by atoms with Crippen molar-refractivity contribution >= 4 is 21.6 Å². The fraction of sp³-hybridized carbons (Fsp3) is 0.158. The highest BCUT2D eigenvalue weighted by Crippen LogP contribution is 2.30. The van der Waals surface area contributed by atoms with Gasteiger partial charge in [-0.2, -0.15) is 0 Å². The Balaban J connectivity index is 1.55. The van der Waals surface area contributed by atoms with Crippen LogP contribution in [0.2, 0.25) is 0 Å². The van der Waals surface area contributed by atoms with Gasteiger partial charge in [0.05, 0.1) is 5.69 Å². The molecular weight excluding hydrogens is 396 g/mol. The molecule has 3 N–H and O–H groups in total. The largest absolute Gasteiger partial charge is 0.374 e. The minimum atomic E-state index is -3.93. The number of hydrogen-bond acceptors (Lipinski definition) is 6. The van der Waals surface area contributed by atoms with Crippen LogP contribution in [-0.2, 0) is 16.6 Å². The molecule has 1 amide bonds. The molecule has 150 valence electrons. The number of hydrogen-bond donors (Lipinski definition) is 3. The zero-order valence-corrected chi connectivity index (χ0v) is 16.0. The second kappa shape index (κ2) is 7.32. The summed E-state index contributed by atoms with van der Waals surface area (Å²) < 4.78 is 28.1. The van der Waals surface area contributed by atoms with Crippen molar-refractivity contribution in [2.45, 2.75) is 17.7 Å². The first-order chi connectivity index (χ1) is 13.9. The summed E-state index contributed by atoms with van der Waals surface area (Å²) in [6, 6.07) is 12.0. The van der Waals surface area contributed by atoms with Gasteiger partial charge in [-0.05, 0) is 35.9 Å². The molecule has 9 nitrogen and oxygen atoms in total. The molecule has 2 aromatic heterocycles. The summed E-state index contributed by atoms with van der Waals surface area (Å²) in [6.07, 6.45) is 1.85. The molecular formula is C19H18N4O5S. The van der Waals surface area contributed by atoms with Gasteiger partial charge < -0.3 is 15.0 Å². The first-order valence-corrected chi connectivity index (χ1v) is 10.3. The molecule has 10 heteroatoms. The predicted octanol–water partition coefficient (Wildman–Crippen LogP) is 0.733. The minimum Gasteiger partial charge on any atom is -0.374 e. The smallest absolute Gasteiger partial charge is 0.273 e. The lowest BCUT2D eigenvalue weighted by Gasteiger charge is -2.16. The van der Waals surface area contributed by atoms with E-state index in [1.165, 1.54) is 47.2 Å². The van der Waals surface area contributed by atoms with Crippen molar-refractivity contribution in [3.8, 4) is 0 Å². The van der Waals surface area contributed by atoms with Crippen LogP contribution in [-0.4, -0.2) is 34.5 Å². The van der Waals surface area contributed by atoms with E-state index in [0.717, 1.165) is 3.97 Å². The Hall–Kier alpha value is -3.21. The summed E-state index contributed by atoms with van der Waals surface area (Å²) in [7, 11) is -3.93. The number of rotatable bonds is 5. The van der Waals surface area contributed by atoms with E-state index in [2.05, 4.69) is 10.6 Å². The third-order valence-electron chi connectivity index (χ3n) is 4.64.